The molecule has 20 heavy (non-hydrogen) atoms. The average Bonchev–Trinajstić information content (AvgIpc) is 2.62. The number of amides is 1. The second-order valence-corrected chi connectivity index (χ2v) is 5.41. The highest BCUT2D eigenvalue weighted by molar-refractivity contribution is 9.10. The Hall–Kier alpha value is -1.95. The molecule has 0 spiro atoms. The molecule has 2 aromatic rings. The first-order chi connectivity index (χ1) is 9.40. The van der Waals surface area contributed by atoms with Crippen LogP contribution in [0.15, 0.2) is 32.5 Å². The monoisotopic (exact) mass is 335 g/mol. The summed E-state index contributed by atoms with van der Waals surface area (Å²) < 4.78 is 2.41. The fourth-order valence-electron chi connectivity index (χ4n) is 1.91. The molecule has 0 saturated carbocycles. The highest BCUT2D eigenvalue weighted by atomic mass is 79.9. The number of carbonyl (C=O) groups is 1. The van der Waals surface area contributed by atoms with Crippen molar-refractivity contribution in [2.45, 2.75) is 20.8 Å². The summed E-state index contributed by atoms with van der Waals surface area (Å²) in [6.07, 6.45) is 1.31. The summed E-state index contributed by atoms with van der Waals surface area (Å²) in [5.41, 5.74) is 2.56. The molecular formula is C14H14BrN3O2. The van der Waals surface area contributed by atoms with Crippen molar-refractivity contribution in [2.75, 3.05) is 0 Å². The van der Waals surface area contributed by atoms with E-state index >= 15 is 0 Å². The molecule has 1 aromatic carbocycles. The lowest BCUT2D eigenvalue weighted by Gasteiger charge is -2.06. The molecule has 0 atom stereocenters. The van der Waals surface area contributed by atoms with Gasteiger partial charge in [0, 0.05) is 23.3 Å². The summed E-state index contributed by atoms with van der Waals surface area (Å²) in [4.78, 5) is 26.9. The highest BCUT2D eigenvalue weighted by Gasteiger charge is 2.12. The van der Waals surface area contributed by atoms with Crippen LogP contribution in [-0.2, 0) is 4.79 Å². The highest BCUT2D eigenvalue weighted by Crippen LogP contribution is 2.18. The van der Waals surface area contributed by atoms with E-state index in [4.69, 9.17) is 0 Å². The number of halogens is 1. The number of nitrogens with one attached hydrogen (secondary N) is 1. The summed E-state index contributed by atoms with van der Waals surface area (Å²) in [7, 11) is 0. The van der Waals surface area contributed by atoms with Crippen LogP contribution in [0.4, 0.5) is 0 Å². The number of hydrogen-bond acceptors (Lipinski definition) is 2. The Balaban J connectivity index is 2.57. The molecule has 0 radical (unpaired) electrons. The summed E-state index contributed by atoms with van der Waals surface area (Å²) in [6.45, 7) is 5.04. The number of H-pyrrole nitrogens is 1. The van der Waals surface area contributed by atoms with E-state index in [9.17, 15) is 9.59 Å². The second-order valence-electron chi connectivity index (χ2n) is 4.50. The molecule has 1 aromatic heterocycles. The third-order valence-corrected chi connectivity index (χ3v) is 3.39. The first-order valence-corrected chi connectivity index (χ1v) is 6.82. The van der Waals surface area contributed by atoms with Gasteiger partial charge in [-0.05, 0) is 37.6 Å². The van der Waals surface area contributed by atoms with Crippen molar-refractivity contribution in [1.82, 2.24) is 9.78 Å². The SMILES string of the molecule is CC(=O)N=Cc1c(C)[nH]n(-c2ccc(Br)cc2C)c1=O. The zero-order valence-electron chi connectivity index (χ0n) is 11.4. The van der Waals surface area contributed by atoms with E-state index in [0.29, 0.717) is 11.3 Å². The molecule has 5 nitrogen and oxygen atoms in total. The summed E-state index contributed by atoms with van der Waals surface area (Å²) in [5, 5.41) is 3.00. The zero-order chi connectivity index (χ0) is 14.9. The Morgan fingerprint density at radius 2 is 2.10 bits per heavy atom. The number of carbonyl (C=O) groups excluding carboxylic acids is 1. The predicted octanol–water partition coefficient (Wildman–Crippen LogP) is 2.51. The van der Waals surface area contributed by atoms with Crippen molar-refractivity contribution in [3.63, 3.8) is 0 Å². The van der Waals surface area contributed by atoms with Crippen LogP contribution in [0.3, 0.4) is 0 Å². The van der Waals surface area contributed by atoms with E-state index in [-0.39, 0.29) is 11.5 Å². The van der Waals surface area contributed by atoms with E-state index in [1.165, 1.54) is 17.8 Å². The molecule has 0 aliphatic rings. The van der Waals surface area contributed by atoms with Crippen molar-refractivity contribution in [3.8, 4) is 5.69 Å². The van der Waals surface area contributed by atoms with Crippen LogP contribution in [0.5, 0.6) is 0 Å². The zero-order valence-corrected chi connectivity index (χ0v) is 13.0. The van der Waals surface area contributed by atoms with Gasteiger partial charge in [0.25, 0.3) is 5.56 Å². The first kappa shape index (κ1) is 14.5. The largest absolute Gasteiger partial charge is 0.295 e. The number of nitrogens with zero attached hydrogens (tertiary/aromatic N) is 2. The molecule has 1 heterocycles. The molecule has 2 rings (SSSR count). The van der Waals surface area contributed by atoms with Crippen molar-refractivity contribution in [2.24, 2.45) is 4.99 Å². The maximum atomic E-state index is 12.4. The summed E-state index contributed by atoms with van der Waals surface area (Å²) >= 11 is 3.39. The third-order valence-electron chi connectivity index (χ3n) is 2.89. The number of aromatic amines is 1. The maximum absolute atomic E-state index is 12.4. The molecule has 1 amide bonds. The van der Waals surface area contributed by atoms with Gasteiger partial charge in [-0.2, -0.15) is 0 Å². The van der Waals surface area contributed by atoms with E-state index in [0.717, 1.165) is 15.7 Å². The van der Waals surface area contributed by atoms with Crippen LogP contribution < -0.4 is 5.56 Å². The van der Waals surface area contributed by atoms with E-state index in [1.807, 2.05) is 25.1 Å². The van der Waals surface area contributed by atoms with Crippen LogP contribution in [0.25, 0.3) is 5.69 Å². The normalized spacial score (nSPS) is 11.2. The molecule has 0 bridgehead atoms. The number of aromatic nitrogens is 2. The molecule has 0 aliphatic carbocycles. The molecule has 0 aliphatic heterocycles. The van der Waals surface area contributed by atoms with Crippen LogP contribution in [0.2, 0.25) is 0 Å². The van der Waals surface area contributed by atoms with Crippen molar-refractivity contribution >= 4 is 28.1 Å². The van der Waals surface area contributed by atoms with E-state index < -0.39 is 0 Å². The van der Waals surface area contributed by atoms with Gasteiger partial charge in [-0.25, -0.2) is 9.67 Å². The minimum absolute atomic E-state index is 0.224. The van der Waals surface area contributed by atoms with Crippen LogP contribution >= 0.6 is 15.9 Å². The minimum atomic E-state index is -0.337. The van der Waals surface area contributed by atoms with Crippen molar-refractivity contribution in [1.29, 1.82) is 0 Å². The lowest BCUT2D eigenvalue weighted by molar-refractivity contribution is -0.115. The number of benzene rings is 1. The number of hydrogen-bond donors (Lipinski definition) is 1. The van der Waals surface area contributed by atoms with Crippen LogP contribution in [0, 0.1) is 13.8 Å². The third kappa shape index (κ3) is 2.80. The molecule has 0 unspecified atom stereocenters. The van der Waals surface area contributed by atoms with Gasteiger partial charge in [-0.1, -0.05) is 15.9 Å². The van der Waals surface area contributed by atoms with Gasteiger partial charge >= 0.3 is 0 Å². The smallest absolute Gasteiger partial charge is 0.280 e. The van der Waals surface area contributed by atoms with Crippen molar-refractivity contribution < 1.29 is 4.79 Å². The van der Waals surface area contributed by atoms with Gasteiger partial charge in [-0.3, -0.25) is 14.7 Å². The maximum Gasteiger partial charge on any atom is 0.280 e. The van der Waals surface area contributed by atoms with E-state index in [1.54, 1.807) is 6.92 Å². The topological polar surface area (TPSA) is 67.2 Å². The van der Waals surface area contributed by atoms with Crippen molar-refractivity contribution in [3.05, 3.63) is 49.8 Å². The minimum Gasteiger partial charge on any atom is -0.295 e. The van der Waals surface area contributed by atoms with Gasteiger partial charge in [0.2, 0.25) is 5.91 Å². The van der Waals surface area contributed by atoms with Crippen LogP contribution in [0.1, 0.15) is 23.7 Å². The van der Waals surface area contributed by atoms with E-state index in [2.05, 4.69) is 26.0 Å². The molecule has 0 saturated heterocycles. The fourth-order valence-corrected chi connectivity index (χ4v) is 2.38. The Labute approximate surface area is 124 Å². The number of rotatable bonds is 2. The predicted molar refractivity (Wildman–Crippen MR) is 81.8 cm³/mol. The molecular weight excluding hydrogens is 322 g/mol. The fraction of sp³-hybridized carbons (Fsp3) is 0.214. The Morgan fingerprint density at radius 1 is 1.40 bits per heavy atom. The second kappa shape index (κ2) is 5.58. The molecule has 104 valence electrons. The summed E-state index contributed by atoms with van der Waals surface area (Å²) in [5.74, 6) is -0.337. The molecule has 0 fully saturated rings. The van der Waals surface area contributed by atoms with Crippen LogP contribution in [-0.4, -0.2) is 21.9 Å². The van der Waals surface area contributed by atoms with Gasteiger partial charge in [-0.15, -0.1) is 0 Å². The lowest BCUT2D eigenvalue weighted by atomic mass is 10.2. The first-order valence-electron chi connectivity index (χ1n) is 6.03. The van der Waals surface area contributed by atoms with Gasteiger partial charge in [0.15, 0.2) is 0 Å². The Kier molecular flexibility index (Phi) is 4.04. The van der Waals surface area contributed by atoms with Gasteiger partial charge in [0.1, 0.15) is 0 Å². The summed E-state index contributed by atoms with van der Waals surface area (Å²) in [6, 6.07) is 5.65. The lowest BCUT2D eigenvalue weighted by Crippen LogP contribution is -2.18. The Bertz CT molecular complexity index is 756. The number of aliphatic imine (C=N–C) groups is 1. The molecule has 1 N–H and O–H groups in total. The quantitative estimate of drug-likeness (QED) is 0.857. The molecule has 6 heteroatoms. The number of aryl methyl sites for hydroxylation is 2. The Morgan fingerprint density at radius 3 is 2.70 bits per heavy atom. The van der Waals surface area contributed by atoms with Gasteiger partial charge in [0.05, 0.1) is 11.3 Å². The van der Waals surface area contributed by atoms with Gasteiger partial charge < -0.3 is 0 Å². The standard InChI is InChI=1S/C14H14BrN3O2/c1-8-6-11(15)4-5-13(8)18-14(20)12(9(2)17-18)7-16-10(3)19/h4-7,17H,1-3H3. The average molecular weight is 336 g/mol.